The molecule has 0 aromatic heterocycles. The lowest BCUT2D eigenvalue weighted by Gasteiger charge is -2.03. The molecule has 0 spiro atoms. The van der Waals surface area contributed by atoms with Crippen LogP contribution in [0.5, 0.6) is 5.75 Å². The summed E-state index contributed by atoms with van der Waals surface area (Å²) < 4.78 is 5.06. The predicted molar refractivity (Wildman–Crippen MR) is 170 cm³/mol. The molecule has 1 atom stereocenters. The number of nitrogens with two attached hydrogens (primary N) is 3. The highest BCUT2D eigenvalue weighted by atomic mass is 16.5. The summed E-state index contributed by atoms with van der Waals surface area (Å²) in [7, 11) is 1.65. The fraction of sp³-hybridized carbons (Fsp3) is 0.206. The fourth-order valence-electron chi connectivity index (χ4n) is 3.49. The molecule has 0 aliphatic heterocycles. The normalized spacial score (nSPS) is 10.2. The van der Waals surface area contributed by atoms with E-state index in [4.69, 9.17) is 32.2 Å². The van der Waals surface area contributed by atoms with Gasteiger partial charge in [-0.15, -0.1) is 0 Å². The summed E-state index contributed by atoms with van der Waals surface area (Å²) in [4.78, 5) is 30.7. The van der Waals surface area contributed by atoms with E-state index in [2.05, 4.69) is 12.1 Å². The van der Waals surface area contributed by atoms with Gasteiger partial charge < -0.3 is 32.2 Å². The van der Waals surface area contributed by atoms with Crippen LogP contribution < -0.4 is 21.9 Å². The van der Waals surface area contributed by atoms with Crippen molar-refractivity contribution in [2.24, 2.45) is 17.2 Å². The minimum Gasteiger partial charge on any atom is -0.496 e. The number of methoxy groups -OCH3 is 1. The molecule has 0 fully saturated rings. The number of aliphatic carboxylic acids is 2. The van der Waals surface area contributed by atoms with Crippen molar-refractivity contribution in [1.29, 1.82) is 0 Å². The zero-order valence-electron chi connectivity index (χ0n) is 24.3. The lowest BCUT2D eigenvalue weighted by Crippen LogP contribution is -2.30. The Morgan fingerprint density at radius 1 is 0.791 bits per heavy atom. The van der Waals surface area contributed by atoms with Gasteiger partial charge in [-0.2, -0.15) is 0 Å². The van der Waals surface area contributed by atoms with E-state index < -0.39 is 18.0 Å². The van der Waals surface area contributed by atoms with E-state index in [1.165, 1.54) is 5.56 Å². The van der Waals surface area contributed by atoms with Gasteiger partial charge in [-0.3, -0.25) is 14.4 Å². The first-order valence-corrected chi connectivity index (χ1v) is 13.6. The van der Waals surface area contributed by atoms with Crippen LogP contribution in [0, 0.1) is 0 Å². The maximum atomic E-state index is 10.5. The largest absolute Gasteiger partial charge is 0.496 e. The summed E-state index contributed by atoms with van der Waals surface area (Å²) >= 11 is 0. The van der Waals surface area contributed by atoms with E-state index in [1.54, 1.807) is 19.2 Å². The summed E-state index contributed by atoms with van der Waals surface area (Å²) in [6.07, 6.45) is 2.11. The van der Waals surface area contributed by atoms with E-state index in [0.717, 1.165) is 28.7 Å². The van der Waals surface area contributed by atoms with Gasteiger partial charge in [0.1, 0.15) is 18.1 Å². The molecule has 0 heterocycles. The van der Waals surface area contributed by atoms with Crippen molar-refractivity contribution in [3.8, 4) is 16.9 Å². The summed E-state index contributed by atoms with van der Waals surface area (Å²) in [6, 6.07) is 33.8. The number of carboxylic acids is 2. The zero-order valence-corrected chi connectivity index (χ0v) is 24.3. The third-order valence-electron chi connectivity index (χ3n) is 5.80. The first kappa shape index (κ1) is 36.2. The number of hydrogen-bond donors (Lipinski definition) is 5. The Hall–Kier alpha value is -4.83. The van der Waals surface area contributed by atoms with Crippen LogP contribution in [0.15, 0.2) is 109 Å². The number of carbonyl (C=O) groups excluding carboxylic acids is 1. The molecule has 43 heavy (non-hydrogen) atoms. The van der Waals surface area contributed by atoms with Crippen LogP contribution in [-0.2, 0) is 22.6 Å². The van der Waals surface area contributed by atoms with Gasteiger partial charge in [-0.25, -0.2) is 0 Å². The first-order chi connectivity index (χ1) is 20.7. The molecule has 4 aromatic rings. The third-order valence-corrected chi connectivity index (χ3v) is 5.80. The number of carbonyl (C=O) groups is 3. The van der Waals surface area contributed by atoms with Crippen LogP contribution in [0.1, 0.15) is 34.3 Å². The van der Waals surface area contributed by atoms with Crippen molar-refractivity contribution in [3.05, 3.63) is 126 Å². The average Bonchev–Trinajstić information content (AvgIpc) is 3.05. The Kier molecular flexibility index (Phi) is 18.4. The molecule has 9 nitrogen and oxygen atoms in total. The Morgan fingerprint density at radius 2 is 1.33 bits per heavy atom. The highest BCUT2D eigenvalue weighted by Gasteiger charge is 2.08. The molecule has 4 rings (SSSR count). The summed E-state index contributed by atoms with van der Waals surface area (Å²) in [5.74, 6) is -0.875. The molecular formula is C34H41N3O6. The van der Waals surface area contributed by atoms with Crippen molar-refractivity contribution in [2.45, 2.75) is 31.8 Å². The zero-order chi connectivity index (χ0) is 31.9. The molecule has 0 saturated carbocycles. The molecule has 0 aliphatic carbocycles. The Morgan fingerprint density at radius 3 is 1.79 bits per heavy atom. The second-order valence-electron chi connectivity index (χ2n) is 9.05. The maximum Gasteiger partial charge on any atom is 0.320 e. The van der Waals surface area contributed by atoms with Gasteiger partial charge in [-0.1, -0.05) is 103 Å². The van der Waals surface area contributed by atoms with E-state index >= 15 is 0 Å². The van der Waals surface area contributed by atoms with Crippen molar-refractivity contribution >= 4 is 18.2 Å². The SMILES string of the molecule is COc1ccccc1CN.NCCCC(N)C(=O)O.O=C(O)Cc1ccccc1.O=Cc1ccc(-c2ccccc2)cc1. The predicted octanol–water partition coefficient (Wildman–Crippen LogP) is 4.77. The molecule has 0 aliphatic rings. The molecule has 4 aromatic carbocycles. The molecular weight excluding hydrogens is 546 g/mol. The van der Waals surface area contributed by atoms with Gasteiger partial charge >= 0.3 is 11.9 Å². The number of aldehydes is 1. The van der Waals surface area contributed by atoms with Crippen LogP contribution in [0.3, 0.4) is 0 Å². The quantitative estimate of drug-likeness (QED) is 0.163. The summed E-state index contributed by atoms with van der Waals surface area (Å²) in [5, 5.41) is 16.6. The number of hydrogen-bond acceptors (Lipinski definition) is 7. The second-order valence-corrected chi connectivity index (χ2v) is 9.05. The lowest BCUT2D eigenvalue weighted by atomic mass is 10.0. The second kappa shape index (κ2) is 21.9. The average molecular weight is 588 g/mol. The van der Waals surface area contributed by atoms with Gasteiger partial charge in [-0.05, 0) is 42.1 Å². The van der Waals surface area contributed by atoms with E-state index in [-0.39, 0.29) is 6.42 Å². The number of carboxylic acid groups (broad SMARTS) is 2. The van der Waals surface area contributed by atoms with E-state index in [9.17, 15) is 14.4 Å². The fourth-order valence-corrected chi connectivity index (χ4v) is 3.49. The molecule has 0 bridgehead atoms. The van der Waals surface area contributed by atoms with Crippen molar-refractivity contribution in [2.75, 3.05) is 13.7 Å². The van der Waals surface area contributed by atoms with Crippen LogP contribution in [0.4, 0.5) is 0 Å². The van der Waals surface area contributed by atoms with Crippen LogP contribution in [0.2, 0.25) is 0 Å². The van der Waals surface area contributed by atoms with E-state index in [0.29, 0.717) is 31.5 Å². The molecule has 0 saturated heterocycles. The molecule has 0 radical (unpaired) electrons. The summed E-state index contributed by atoms with van der Waals surface area (Å²) in [5.41, 5.74) is 20.6. The maximum absolute atomic E-state index is 10.5. The van der Waals surface area contributed by atoms with Crippen molar-refractivity contribution < 1.29 is 29.3 Å². The molecule has 228 valence electrons. The number of rotatable bonds is 10. The molecule has 9 heteroatoms. The lowest BCUT2D eigenvalue weighted by molar-refractivity contribution is -0.139. The van der Waals surface area contributed by atoms with Crippen molar-refractivity contribution in [3.63, 3.8) is 0 Å². The standard InChI is InChI=1S/C13H10O.C8H11NO.C8H8O2.C5H12N2O2/c14-10-11-6-8-13(9-7-11)12-4-2-1-3-5-12;1-10-8-5-3-2-4-7(8)6-9;9-8(10)6-7-4-2-1-3-5-7;6-3-1-2-4(7)5(8)9/h1-10H;2-5H,6,9H2,1H3;1-5H,6H2,(H,9,10);4H,1-3,6-7H2,(H,8,9). The Labute approximate surface area is 252 Å². The van der Waals surface area contributed by atoms with Crippen LogP contribution >= 0.6 is 0 Å². The minimum atomic E-state index is -0.955. The molecule has 0 amide bonds. The van der Waals surface area contributed by atoms with Crippen molar-refractivity contribution in [1.82, 2.24) is 0 Å². The van der Waals surface area contributed by atoms with Crippen LogP contribution in [-0.4, -0.2) is 48.1 Å². The number of para-hydroxylation sites is 1. The van der Waals surface area contributed by atoms with Crippen LogP contribution in [0.25, 0.3) is 11.1 Å². The van der Waals surface area contributed by atoms with E-state index in [1.807, 2.05) is 84.9 Å². The minimum absolute atomic E-state index is 0.112. The monoisotopic (exact) mass is 587 g/mol. The Balaban J connectivity index is 0.000000292. The van der Waals surface area contributed by atoms with Gasteiger partial charge in [0.25, 0.3) is 0 Å². The molecule has 8 N–H and O–H groups in total. The third kappa shape index (κ3) is 15.7. The van der Waals surface area contributed by atoms with Gasteiger partial charge in [0, 0.05) is 17.7 Å². The number of ether oxygens (including phenoxy) is 1. The highest BCUT2D eigenvalue weighted by molar-refractivity contribution is 5.77. The highest BCUT2D eigenvalue weighted by Crippen LogP contribution is 2.18. The topological polar surface area (TPSA) is 179 Å². The first-order valence-electron chi connectivity index (χ1n) is 13.6. The number of benzene rings is 4. The van der Waals surface area contributed by atoms with Gasteiger partial charge in [0.15, 0.2) is 0 Å². The summed E-state index contributed by atoms with van der Waals surface area (Å²) in [6.45, 7) is 1.03. The van der Waals surface area contributed by atoms with Gasteiger partial charge in [0.05, 0.1) is 13.5 Å². The Bertz CT molecular complexity index is 1310. The smallest absolute Gasteiger partial charge is 0.320 e. The molecule has 1 unspecified atom stereocenters. The van der Waals surface area contributed by atoms with Gasteiger partial charge in [0.2, 0.25) is 0 Å².